The number of hydrogen-bond acceptors (Lipinski definition) is 3. The Bertz CT molecular complexity index is 279. The molecular weight excluding hydrogens is 241 g/mol. The molecule has 0 fully saturated rings. The molecule has 0 spiro atoms. The summed E-state index contributed by atoms with van der Waals surface area (Å²) in [6.45, 7) is 2.89. The summed E-state index contributed by atoms with van der Waals surface area (Å²) in [5.74, 6) is 0.644. The van der Waals surface area contributed by atoms with Crippen LogP contribution < -0.4 is 4.90 Å². The first-order valence-corrected chi connectivity index (χ1v) is 4.71. The quantitative estimate of drug-likeness (QED) is 0.755. The van der Waals surface area contributed by atoms with Crippen molar-refractivity contribution in [2.75, 3.05) is 18.5 Å². The van der Waals surface area contributed by atoms with Gasteiger partial charge in [0.05, 0.1) is 4.47 Å². The van der Waals surface area contributed by atoms with Crippen LogP contribution in [-0.2, 0) is 0 Å². The lowest BCUT2D eigenvalue weighted by molar-refractivity contribution is 0.899. The number of anilines is 1. The third-order valence-corrected chi connectivity index (χ3v) is 2.60. The van der Waals surface area contributed by atoms with Crippen LogP contribution in [0.3, 0.4) is 0 Å². The molecule has 3 nitrogen and oxygen atoms in total. The van der Waals surface area contributed by atoms with Crippen LogP contribution in [0.1, 0.15) is 6.92 Å². The van der Waals surface area contributed by atoms with Gasteiger partial charge in [0.1, 0.15) is 5.15 Å². The van der Waals surface area contributed by atoms with E-state index in [4.69, 9.17) is 11.6 Å². The van der Waals surface area contributed by atoms with E-state index in [9.17, 15) is 0 Å². The SMILES string of the molecule is CCN(C)c1ncc(Br)c(Cl)n1. The molecule has 0 atom stereocenters. The number of rotatable bonds is 2. The fraction of sp³-hybridized carbons (Fsp3) is 0.429. The van der Waals surface area contributed by atoms with Gasteiger partial charge in [0.15, 0.2) is 0 Å². The molecule has 0 aliphatic rings. The second-order valence-electron chi connectivity index (χ2n) is 2.32. The normalized spacial score (nSPS) is 10.0. The lowest BCUT2D eigenvalue weighted by atomic mass is 10.6. The van der Waals surface area contributed by atoms with Crippen molar-refractivity contribution in [1.29, 1.82) is 0 Å². The van der Waals surface area contributed by atoms with E-state index in [-0.39, 0.29) is 0 Å². The largest absolute Gasteiger partial charge is 0.344 e. The van der Waals surface area contributed by atoms with Gasteiger partial charge in [0, 0.05) is 19.8 Å². The second kappa shape index (κ2) is 4.05. The van der Waals surface area contributed by atoms with Crippen LogP contribution in [-0.4, -0.2) is 23.6 Å². The average molecular weight is 251 g/mol. The third-order valence-electron chi connectivity index (χ3n) is 1.50. The van der Waals surface area contributed by atoms with Crippen molar-refractivity contribution in [2.45, 2.75) is 6.92 Å². The molecule has 1 rings (SSSR count). The van der Waals surface area contributed by atoms with Gasteiger partial charge in [-0.1, -0.05) is 11.6 Å². The van der Waals surface area contributed by atoms with Crippen LogP contribution in [0.25, 0.3) is 0 Å². The highest BCUT2D eigenvalue weighted by Gasteiger charge is 2.04. The van der Waals surface area contributed by atoms with Crippen molar-refractivity contribution >= 4 is 33.5 Å². The highest BCUT2D eigenvalue weighted by Crippen LogP contribution is 2.20. The zero-order valence-corrected chi connectivity index (χ0v) is 9.22. The number of nitrogens with zero attached hydrogens (tertiary/aromatic N) is 3. The van der Waals surface area contributed by atoms with Gasteiger partial charge in [-0.15, -0.1) is 0 Å². The first-order valence-electron chi connectivity index (χ1n) is 3.54. The standard InChI is InChI=1S/C7H9BrClN3/c1-3-12(2)7-10-4-5(8)6(9)11-7/h4H,3H2,1-2H3. The molecule has 1 heterocycles. The molecule has 0 radical (unpaired) electrons. The van der Waals surface area contributed by atoms with Gasteiger partial charge in [-0.3, -0.25) is 0 Å². The Morgan fingerprint density at radius 1 is 1.67 bits per heavy atom. The average Bonchev–Trinajstić information content (AvgIpc) is 2.08. The van der Waals surface area contributed by atoms with Crippen molar-refractivity contribution in [3.8, 4) is 0 Å². The number of aromatic nitrogens is 2. The molecule has 0 amide bonds. The molecule has 66 valence electrons. The second-order valence-corrected chi connectivity index (χ2v) is 3.54. The summed E-state index contributed by atoms with van der Waals surface area (Å²) >= 11 is 9.02. The van der Waals surface area contributed by atoms with Gasteiger partial charge in [-0.25, -0.2) is 4.98 Å². The van der Waals surface area contributed by atoms with Crippen molar-refractivity contribution < 1.29 is 0 Å². The van der Waals surface area contributed by atoms with Crippen molar-refractivity contribution in [3.63, 3.8) is 0 Å². The summed E-state index contributed by atoms with van der Waals surface area (Å²) in [4.78, 5) is 10.1. The maximum absolute atomic E-state index is 5.79. The Morgan fingerprint density at radius 3 is 2.83 bits per heavy atom. The van der Waals surface area contributed by atoms with E-state index in [2.05, 4.69) is 25.9 Å². The minimum atomic E-state index is 0.445. The molecule has 0 N–H and O–H groups in total. The van der Waals surface area contributed by atoms with E-state index in [1.54, 1.807) is 6.20 Å². The van der Waals surface area contributed by atoms with E-state index in [0.717, 1.165) is 11.0 Å². The summed E-state index contributed by atoms with van der Waals surface area (Å²) in [5, 5.41) is 0.445. The van der Waals surface area contributed by atoms with E-state index in [1.807, 2.05) is 18.9 Å². The van der Waals surface area contributed by atoms with Gasteiger partial charge < -0.3 is 4.90 Å². The van der Waals surface area contributed by atoms with Crippen molar-refractivity contribution in [3.05, 3.63) is 15.8 Å². The molecule has 0 aromatic carbocycles. The molecule has 0 unspecified atom stereocenters. The molecule has 0 bridgehead atoms. The maximum Gasteiger partial charge on any atom is 0.226 e. The topological polar surface area (TPSA) is 29.0 Å². The van der Waals surface area contributed by atoms with E-state index < -0.39 is 0 Å². The Labute approximate surface area is 84.9 Å². The molecule has 0 aliphatic carbocycles. The Balaban J connectivity index is 2.96. The van der Waals surface area contributed by atoms with Gasteiger partial charge in [0.25, 0.3) is 0 Å². The predicted octanol–water partition coefficient (Wildman–Crippen LogP) is 2.35. The summed E-state index contributed by atoms with van der Waals surface area (Å²) in [5.41, 5.74) is 0. The van der Waals surface area contributed by atoms with Gasteiger partial charge in [0.2, 0.25) is 5.95 Å². The molecule has 5 heteroatoms. The van der Waals surface area contributed by atoms with Crippen molar-refractivity contribution in [1.82, 2.24) is 9.97 Å². The van der Waals surface area contributed by atoms with E-state index in [0.29, 0.717) is 11.1 Å². The molecule has 0 saturated heterocycles. The van der Waals surface area contributed by atoms with Gasteiger partial charge >= 0.3 is 0 Å². The van der Waals surface area contributed by atoms with Crippen LogP contribution in [0, 0.1) is 0 Å². The molecule has 1 aromatic rings. The maximum atomic E-state index is 5.79. The molecule has 0 saturated carbocycles. The minimum absolute atomic E-state index is 0.445. The summed E-state index contributed by atoms with van der Waals surface area (Å²) < 4.78 is 0.720. The highest BCUT2D eigenvalue weighted by molar-refractivity contribution is 9.10. The zero-order valence-electron chi connectivity index (χ0n) is 6.88. The van der Waals surface area contributed by atoms with Crippen LogP contribution in [0.5, 0.6) is 0 Å². The molecule has 12 heavy (non-hydrogen) atoms. The summed E-state index contributed by atoms with van der Waals surface area (Å²) in [7, 11) is 1.92. The Morgan fingerprint density at radius 2 is 2.33 bits per heavy atom. The summed E-state index contributed by atoms with van der Waals surface area (Å²) in [6.07, 6.45) is 1.65. The lowest BCUT2D eigenvalue weighted by Crippen LogP contribution is -2.18. The third kappa shape index (κ3) is 2.08. The minimum Gasteiger partial charge on any atom is -0.344 e. The van der Waals surface area contributed by atoms with Crippen LogP contribution in [0.4, 0.5) is 5.95 Å². The van der Waals surface area contributed by atoms with Crippen LogP contribution in [0.15, 0.2) is 10.7 Å². The zero-order chi connectivity index (χ0) is 9.14. The van der Waals surface area contributed by atoms with E-state index in [1.165, 1.54) is 0 Å². The monoisotopic (exact) mass is 249 g/mol. The fourth-order valence-corrected chi connectivity index (χ4v) is 0.979. The lowest BCUT2D eigenvalue weighted by Gasteiger charge is -2.13. The molecular formula is C7H9BrClN3. The highest BCUT2D eigenvalue weighted by atomic mass is 79.9. The summed E-state index contributed by atoms with van der Waals surface area (Å²) in [6, 6.07) is 0. The Hall–Kier alpha value is -0.350. The van der Waals surface area contributed by atoms with Crippen LogP contribution >= 0.6 is 27.5 Å². The predicted molar refractivity (Wildman–Crippen MR) is 53.7 cm³/mol. The smallest absolute Gasteiger partial charge is 0.226 e. The van der Waals surface area contributed by atoms with Crippen molar-refractivity contribution in [2.24, 2.45) is 0 Å². The Kier molecular flexibility index (Phi) is 3.29. The number of hydrogen-bond donors (Lipinski definition) is 0. The van der Waals surface area contributed by atoms with E-state index >= 15 is 0 Å². The van der Waals surface area contributed by atoms with Gasteiger partial charge in [-0.2, -0.15) is 4.98 Å². The first-order chi connectivity index (χ1) is 5.65. The molecule has 1 aromatic heterocycles. The molecule has 0 aliphatic heterocycles. The first kappa shape index (κ1) is 9.74. The fourth-order valence-electron chi connectivity index (χ4n) is 0.663. The van der Waals surface area contributed by atoms with Crippen LogP contribution in [0.2, 0.25) is 5.15 Å². The number of halogens is 2. The van der Waals surface area contributed by atoms with Gasteiger partial charge in [-0.05, 0) is 22.9 Å².